The van der Waals surface area contributed by atoms with Gasteiger partial charge in [-0.05, 0) is 49.1 Å². The molecule has 1 saturated carbocycles. The van der Waals surface area contributed by atoms with Gasteiger partial charge in [-0.25, -0.2) is 18.7 Å². The zero-order valence-electron chi connectivity index (χ0n) is 13.4. The summed E-state index contributed by atoms with van der Waals surface area (Å²) in [6, 6.07) is 6.99. The van der Waals surface area contributed by atoms with E-state index in [9.17, 15) is 13.6 Å². The van der Waals surface area contributed by atoms with E-state index in [-0.39, 0.29) is 31.4 Å². The fourth-order valence-corrected chi connectivity index (χ4v) is 3.08. The standard InChI is InChI=1S/C18H16F2N4O.CH4/c19-12-7-11(8-13(20)10-12)9-16(25)23-18-22-15-5-2-6-21-17(15)24(18)14-3-1-4-14;/h2,5-8,10,14H,1,3-4,9H2,(H,22,23,25);1H4. The fourth-order valence-electron chi connectivity index (χ4n) is 3.08. The van der Waals surface area contributed by atoms with Crippen molar-refractivity contribution in [2.75, 3.05) is 5.32 Å². The maximum absolute atomic E-state index is 13.3. The molecule has 3 aromatic rings. The molecule has 0 spiro atoms. The molecule has 1 aliphatic rings. The van der Waals surface area contributed by atoms with Gasteiger partial charge < -0.3 is 0 Å². The number of amides is 1. The van der Waals surface area contributed by atoms with Crippen LogP contribution in [0.1, 0.15) is 38.3 Å². The number of rotatable bonds is 4. The van der Waals surface area contributed by atoms with Crippen molar-refractivity contribution in [3.63, 3.8) is 0 Å². The molecule has 2 aromatic heterocycles. The molecular formula is C19H20F2N4O. The van der Waals surface area contributed by atoms with E-state index >= 15 is 0 Å². The van der Waals surface area contributed by atoms with E-state index < -0.39 is 11.6 Å². The summed E-state index contributed by atoms with van der Waals surface area (Å²) in [6.45, 7) is 0. The first-order chi connectivity index (χ1) is 12.1. The number of anilines is 1. The highest BCUT2D eigenvalue weighted by molar-refractivity contribution is 5.92. The molecule has 0 aliphatic heterocycles. The predicted molar refractivity (Wildman–Crippen MR) is 95.8 cm³/mol. The smallest absolute Gasteiger partial charge is 0.231 e. The first-order valence-electron chi connectivity index (χ1n) is 8.18. The number of carbonyl (C=O) groups is 1. The van der Waals surface area contributed by atoms with Gasteiger partial charge in [-0.15, -0.1) is 0 Å². The van der Waals surface area contributed by atoms with Gasteiger partial charge in [0, 0.05) is 18.3 Å². The van der Waals surface area contributed by atoms with Gasteiger partial charge in [-0.2, -0.15) is 0 Å². The Morgan fingerprint density at radius 1 is 1.23 bits per heavy atom. The summed E-state index contributed by atoms with van der Waals surface area (Å²) < 4.78 is 28.5. The fraction of sp³-hybridized carbons (Fsp3) is 0.316. The Morgan fingerprint density at radius 2 is 1.96 bits per heavy atom. The topological polar surface area (TPSA) is 59.8 Å². The molecule has 26 heavy (non-hydrogen) atoms. The van der Waals surface area contributed by atoms with Crippen LogP contribution in [0, 0.1) is 11.6 Å². The molecule has 0 unspecified atom stereocenters. The SMILES string of the molecule is C.O=C(Cc1cc(F)cc(F)c1)Nc1nc2cccnc2n1C1CCC1. The molecular weight excluding hydrogens is 338 g/mol. The van der Waals surface area contributed by atoms with Crippen molar-refractivity contribution in [3.05, 3.63) is 53.7 Å². The van der Waals surface area contributed by atoms with Crippen molar-refractivity contribution in [2.45, 2.75) is 39.2 Å². The Labute approximate surface area is 150 Å². The largest absolute Gasteiger partial charge is 0.296 e. The summed E-state index contributed by atoms with van der Waals surface area (Å²) in [6.07, 6.45) is 4.73. The van der Waals surface area contributed by atoms with Gasteiger partial charge in [0.1, 0.15) is 17.2 Å². The van der Waals surface area contributed by atoms with Crippen LogP contribution < -0.4 is 5.32 Å². The van der Waals surface area contributed by atoms with Crippen LogP contribution in [0.15, 0.2) is 36.5 Å². The number of nitrogens with zero attached hydrogens (tertiary/aromatic N) is 3. The number of pyridine rings is 1. The molecule has 0 radical (unpaired) electrons. The number of hydrogen-bond donors (Lipinski definition) is 1. The Kier molecular flexibility index (Phi) is 4.97. The van der Waals surface area contributed by atoms with Gasteiger partial charge in [-0.1, -0.05) is 7.43 Å². The number of fused-ring (bicyclic) bond motifs is 1. The Morgan fingerprint density at radius 3 is 2.62 bits per heavy atom. The third-order valence-corrected chi connectivity index (χ3v) is 4.43. The molecule has 0 atom stereocenters. The zero-order valence-corrected chi connectivity index (χ0v) is 13.4. The molecule has 136 valence electrons. The van der Waals surface area contributed by atoms with E-state index in [4.69, 9.17) is 0 Å². The molecule has 1 aromatic carbocycles. The Bertz CT molecular complexity index is 930. The van der Waals surface area contributed by atoms with Crippen molar-refractivity contribution >= 4 is 23.0 Å². The summed E-state index contributed by atoms with van der Waals surface area (Å²) in [4.78, 5) is 21.2. The number of carbonyl (C=O) groups excluding carboxylic acids is 1. The van der Waals surface area contributed by atoms with Crippen molar-refractivity contribution in [3.8, 4) is 0 Å². The third kappa shape index (κ3) is 3.42. The highest BCUT2D eigenvalue weighted by atomic mass is 19.1. The minimum Gasteiger partial charge on any atom is -0.296 e. The molecule has 4 rings (SSSR count). The average molecular weight is 358 g/mol. The molecule has 1 aliphatic carbocycles. The minimum absolute atomic E-state index is 0. The highest BCUT2D eigenvalue weighted by Gasteiger charge is 2.26. The first kappa shape index (κ1) is 18.0. The average Bonchev–Trinajstić information content (AvgIpc) is 2.83. The number of benzene rings is 1. The Hall–Kier alpha value is -2.83. The van der Waals surface area contributed by atoms with Crippen molar-refractivity contribution in [1.29, 1.82) is 0 Å². The minimum atomic E-state index is -0.700. The molecule has 7 heteroatoms. The normalized spacial score (nSPS) is 13.9. The lowest BCUT2D eigenvalue weighted by molar-refractivity contribution is -0.115. The first-order valence-corrected chi connectivity index (χ1v) is 8.18. The monoisotopic (exact) mass is 358 g/mol. The van der Waals surface area contributed by atoms with Gasteiger partial charge in [-0.3, -0.25) is 14.7 Å². The molecule has 1 fully saturated rings. The third-order valence-electron chi connectivity index (χ3n) is 4.43. The second-order valence-corrected chi connectivity index (χ2v) is 6.24. The van der Waals surface area contributed by atoms with Gasteiger partial charge in [0.25, 0.3) is 0 Å². The summed E-state index contributed by atoms with van der Waals surface area (Å²) in [5, 5.41) is 2.76. The van der Waals surface area contributed by atoms with Crippen molar-refractivity contribution in [2.24, 2.45) is 0 Å². The van der Waals surface area contributed by atoms with Crippen LogP contribution in [0.4, 0.5) is 14.7 Å². The molecule has 1 amide bonds. The van der Waals surface area contributed by atoms with Crippen LogP contribution in [0.2, 0.25) is 0 Å². The van der Waals surface area contributed by atoms with E-state index in [1.165, 1.54) is 0 Å². The van der Waals surface area contributed by atoms with Gasteiger partial charge >= 0.3 is 0 Å². The van der Waals surface area contributed by atoms with E-state index in [2.05, 4.69) is 15.3 Å². The number of hydrogen-bond acceptors (Lipinski definition) is 3. The zero-order chi connectivity index (χ0) is 17.4. The number of nitrogens with one attached hydrogen (secondary N) is 1. The van der Waals surface area contributed by atoms with Gasteiger partial charge in [0.2, 0.25) is 11.9 Å². The van der Waals surface area contributed by atoms with Crippen LogP contribution in [0.5, 0.6) is 0 Å². The number of halogens is 2. The summed E-state index contributed by atoms with van der Waals surface area (Å²) in [5.74, 6) is -1.34. The van der Waals surface area contributed by atoms with Crippen LogP contribution in [0.25, 0.3) is 11.2 Å². The van der Waals surface area contributed by atoms with Crippen LogP contribution >= 0.6 is 0 Å². The molecule has 1 N–H and O–H groups in total. The Balaban J connectivity index is 0.00000196. The van der Waals surface area contributed by atoms with E-state index in [0.29, 0.717) is 11.5 Å². The summed E-state index contributed by atoms with van der Waals surface area (Å²) in [7, 11) is 0. The van der Waals surface area contributed by atoms with Crippen LogP contribution in [-0.4, -0.2) is 20.4 Å². The second-order valence-electron chi connectivity index (χ2n) is 6.24. The molecule has 2 heterocycles. The predicted octanol–water partition coefficient (Wildman–Crippen LogP) is 4.25. The molecule has 0 saturated heterocycles. The molecule has 5 nitrogen and oxygen atoms in total. The van der Waals surface area contributed by atoms with Crippen LogP contribution in [-0.2, 0) is 11.2 Å². The lowest BCUT2D eigenvalue weighted by Gasteiger charge is -2.28. The van der Waals surface area contributed by atoms with E-state index in [1.54, 1.807) is 12.3 Å². The molecule has 0 bridgehead atoms. The number of aromatic nitrogens is 3. The highest BCUT2D eigenvalue weighted by Crippen LogP contribution is 2.36. The summed E-state index contributed by atoms with van der Waals surface area (Å²) in [5.41, 5.74) is 1.72. The number of imidazole rings is 1. The lowest BCUT2D eigenvalue weighted by atomic mass is 9.93. The summed E-state index contributed by atoms with van der Waals surface area (Å²) >= 11 is 0. The maximum Gasteiger partial charge on any atom is 0.231 e. The quantitative estimate of drug-likeness (QED) is 0.758. The maximum atomic E-state index is 13.3. The van der Waals surface area contributed by atoms with E-state index in [1.807, 2.05) is 10.6 Å². The van der Waals surface area contributed by atoms with Crippen molar-refractivity contribution < 1.29 is 13.6 Å². The van der Waals surface area contributed by atoms with Gasteiger partial charge in [0.15, 0.2) is 5.65 Å². The lowest BCUT2D eigenvalue weighted by Crippen LogP contribution is -2.23. The van der Waals surface area contributed by atoms with Crippen LogP contribution in [0.3, 0.4) is 0 Å². The van der Waals surface area contributed by atoms with Gasteiger partial charge in [0.05, 0.1) is 6.42 Å². The second kappa shape index (κ2) is 7.19. The van der Waals surface area contributed by atoms with Crippen molar-refractivity contribution in [1.82, 2.24) is 14.5 Å². The van der Waals surface area contributed by atoms with E-state index in [0.717, 1.165) is 43.1 Å².